The van der Waals surface area contributed by atoms with Gasteiger partial charge in [0, 0.05) is 0 Å². The summed E-state index contributed by atoms with van der Waals surface area (Å²) in [6.45, 7) is -0.112. The highest BCUT2D eigenvalue weighted by molar-refractivity contribution is 6.50. The van der Waals surface area contributed by atoms with Gasteiger partial charge in [0.1, 0.15) is 0 Å². The second-order valence-corrected chi connectivity index (χ2v) is 4.30. The van der Waals surface area contributed by atoms with Gasteiger partial charge < -0.3 is 10.6 Å². The molecule has 2 rings (SSSR count). The fraction of sp³-hybridized carbons (Fsp3) is 0.111. The summed E-state index contributed by atoms with van der Waals surface area (Å²) in [5.74, 6) is -0.807. The summed E-state index contributed by atoms with van der Waals surface area (Å²) in [6.07, 6.45) is 0. The number of anilines is 1. The fourth-order valence-electron chi connectivity index (χ4n) is 1.36. The number of carbonyl (C=O) groups excluding carboxylic acids is 2. The molecule has 1 aromatic rings. The van der Waals surface area contributed by atoms with Gasteiger partial charge in [-0.2, -0.15) is 0 Å². The fourth-order valence-corrected chi connectivity index (χ4v) is 2.05. The van der Waals surface area contributed by atoms with Crippen LogP contribution < -0.4 is 10.6 Å². The number of carbonyl (C=O) groups is 2. The predicted molar refractivity (Wildman–Crippen MR) is 62.4 cm³/mol. The first-order valence-corrected chi connectivity index (χ1v) is 5.39. The van der Waals surface area contributed by atoms with E-state index in [1.807, 2.05) is 0 Å². The maximum Gasteiger partial charge on any atom is 0.255 e. The molecule has 1 aliphatic rings. The summed E-state index contributed by atoms with van der Waals surface area (Å²) in [5, 5.41) is 5.22. The van der Waals surface area contributed by atoms with Crippen molar-refractivity contribution in [2.24, 2.45) is 0 Å². The zero-order valence-corrected chi connectivity index (χ0v) is 10.0. The quantitative estimate of drug-likeness (QED) is 0.716. The minimum atomic E-state index is -0.461. The van der Waals surface area contributed by atoms with Gasteiger partial charge in [-0.3, -0.25) is 9.59 Å². The molecule has 2 amide bonds. The van der Waals surface area contributed by atoms with Crippen molar-refractivity contribution in [2.45, 2.75) is 0 Å². The summed E-state index contributed by atoms with van der Waals surface area (Å²) in [7, 11) is 0. The maximum atomic E-state index is 11.6. The minimum Gasteiger partial charge on any atom is -0.343 e. The molecule has 4 nitrogen and oxygen atoms in total. The van der Waals surface area contributed by atoms with Crippen molar-refractivity contribution in [3.63, 3.8) is 0 Å². The number of amides is 2. The molecule has 0 radical (unpaired) electrons. The van der Waals surface area contributed by atoms with Crippen molar-refractivity contribution in [3.8, 4) is 0 Å². The molecule has 2 N–H and O–H groups in total. The highest BCUT2D eigenvalue weighted by Gasteiger charge is 2.24. The van der Waals surface area contributed by atoms with Crippen molar-refractivity contribution in [3.05, 3.63) is 26.7 Å². The molecule has 0 saturated heterocycles. The lowest BCUT2D eigenvalue weighted by Crippen LogP contribution is -2.28. The Labute approximate surface area is 106 Å². The van der Waals surface area contributed by atoms with E-state index in [4.69, 9.17) is 34.8 Å². The van der Waals surface area contributed by atoms with Crippen molar-refractivity contribution < 1.29 is 9.59 Å². The molecule has 0 atom stereocenters. The van der Waals surface area contributed by atoms with Crippen LogP contribution in [0.1, 0.15) is 10.4 Å². The Balaban J connectivity index is 2.68. The SMILES string of the molecule is O=C1CNC(=O)c2c(cc(Cl)c(Cl)c2Cl)N1. The van der Waals surface area contributed by atoms with Crippen molar-refractivity contribution >= 4 is 52.3 Å². The van der Waals surface area contributed by atoms with Gasteiger partial charge in [0.25, 0.3) is 5.91 Å². The van der Waals surface area contributed by atoms with E-state index in [1.54, 1.807) is 0 Å². The molecule has 1 aromatic carbocycles. The summed E-state index contributed by atoms with van der Waals surface area (Å²) in [6, 6.07) is 1.40. The number of rotatable bonds is 0. The van der Waals surface area contributed by atoms with E-state index < -0.39 is 5.91 Å². The van der Waals surface area contributed by atoms with Crippen LogP contribution in [0.15, 0.2) is 6.07 Å². The summed E-state index contributed by atoms with van der Waals surface area (Å²) in [4.78, 5) is 22.9. The Bertz CT molecular complexity index is 502. The van der Waals surface area contributed by atoms with Crippen LogP contribution in [0, 0.1) is 0 Å². The summed E-state index contributed by atoms with van der Waals surface area (Å²) >= 11 is 17.5. The first-order chi connectivity index (χ1) is 7.50. The third-order valence-corrected chi connectivity index (χ3v) is 3.34. The summed E-state index contributed by atoms with van der Waals surface area (Å²) < 4.78 is 0. The van der Waals surface area contributed by atoms with Gasteiger partial charge in [-0.05, 0) is 6.07 Å². The second kappa shape index (κ2) is 4.13. The van der Waals surface area contributed by atoms with Crippen molar-refractivity contribution in [2.75, 3.05) is 11.9 Å². The largest absolute Gasteiger partial charge is 0.343 e. The predicted octanol–water partition coefficient (Wildman–Crippen LogP) is 2.33. The zero-order chi connectivity index (χ0) is 11.9. The van der Waals surface area contributed by atoms with Gasteiger partial charge in [0.2, 0.25) is 5.91 Å². The van der Waals surface area contributed by atoms with E-state index in [0.717, 1.165) is 0 Å². The van der Waals surface area contributed by atoms with Crippen molar-refractivity contribution in [1.82, 2.24) is 5.32 Å². The lowest BCUT2D eigenvalue weighted by atomic mass is 10.1. The van der Waals surface area contributed by atoms with Gasteiger partial charge in [-0.25, -0.2) is 0 Å². The topological polar surface area (TPSA) is 58.2 Å². The van der Waals surface area contributed by atoms with E-state index in [-0.39, 0.29) is 38.8 Å². The zero-order valence-electron chi connectivity index (χ0n) is 7.73. The van der Waals surface area contributed by atoms with E-state index in [2.05, 4.69) is 10.6 Å². The third kappa shape index (κ3) is 1.84. The first kappa shape index (κ1) is 11.5. The molecule has 1 heterocycles. The normalized spacial score (nSPS) is 14.9. The van der Waals surface area contributed by atoms with E-state index in [1.165, 1.54) is 6.07 Å². The molecular weight excluding hydrogens is 274 g/mol. The molecular formula is C9H5Cl3N2O2. The van der Waals surface area contributed by atoms with Gasteiger partial charge in [-0.15, -0.1) is 0 Å². The Morgan fingerprint density at radius 1 is 1.12 bits per heavy atom. The van der Waals surface area contributed by atoms with Crippen LogP contribution in [0.4, 0.5) is 5.69 Å². The van der Waals surface area contributed by atoms with Crippen LogP contribution in [0.3, 0.4) is 0 Å². The smallest absolute Gasteiger partial charge is 0.255 e. The molecule has 0 fully saturated rings. The standard InChI is InChI=1S/C9H5Cl3N2O2/c10-3-1-4-6(8(12)7(3)11)9(16)13-2-5(15)14-4/h1H,2H2,(H,13,16)(H,14,15). The Kier molecular flexibility index (Phi) is 2.97. The van der Waals surface area contributed by atoms with E-state index in [0.29, 0.717) is 0 Å². The molecule has 0 bridgehead atoms. The molecule has 16 heavy (non-hydrogen) atoms. The molecule has 84 valence electrons. The minimum absolute atomic E-state index is 0.0314. The monoisotopic (exact) mass is 278 g/mol. The highest BCUT2D eigenvalue weighted by Crippen LogP contribution is 2.38. The number of halogens is 3. The Morgan fingerprint density at radius 2 is 1.81 bits per heavy atom. The number of hydrogen-bond acceptors (Lipinski definition) is 2. The molecule has 0 aromatic heterocycles. The van der Waals surface area contributed by atoms with Gasteiger partial charge in [0.15, 0.2) is 0 Å². The summed E-state index contributed by atoms with van der Waals surface area (Å²) in [5.41, 5.74) is 0.390. The Morgan fingerprint density at radius 3 is 2.50 bits per heavy atom. The second-order valence-electron chi connectivity index (χ2n) is 3.14. The highest BCUT2D eigenvalue weighted by atomic mass is 35.5. The average Bonchev–Trinajstić information content (AvgIpc) is 2.35. The molecule has 0 saturated carbocycles. The van der Waals surface area contributed by atoms with Crippen LogP contribution in [-0.4, -0.2) is 18.4 Å². The Hall–Kier alpha value is -0.970. The molecule has 1 aliphatic heterocycles. The van der Waals surface area contributed by atoms with Crippen LogP contribution in [0.25, 0.3) is 0 Å². The van der Waals surface area contributed by atoms with Crippen molar-refractivity contribution in [1.29, 1.82) is 0 Å². The number of hydrogen-bond donors (Lipinski definition) is 2. The van der Waals surface area contributed by atoms with Crippen LogP contribution in [0.2, 0.25) is 15.1 Å². The van der Waals surface area contributed by atoms with E-state index >= 15 is 0 Å². The average molecular weight is 280 g/mol. The first-order valence-electron chi connectivity index (χ1n) is 4.26. The number of benzene rings is 1. The molecule has 0 spiro atoms. The lowest BCUT2D eigenvalue weighted by molar-refractivity contribution is -0.115. The van der Waals surface area contributed by atoms with Crippen LogP contribution in [-0.2, 0) is 4.79 Å². The van der Waals surface area contributed by atoms with Crippen LogP contribution >= 0.6 is 34.8 Å². The maximum absolute atomic E-state index is 11.6. The molecule has 0 unspecified atom stereocenters. The number of fused-ring (bicyclic) bond motifs is 1. The third-order valence-electron chi connectivity index (χ3n) is 2.07. The molecule has 7 heteroatoms. The van der Waals surface area contributed by atoms with Gasteiger partial charge in [0.05, 0.1) is 32.9 Å². The van der Waals surface area contributed by atoms with Gasteiger partial charge in [-0.1, -0.05) is 34.8 Å². The van der Waals surface area contributed by atoms with E-state index in [9.17, 15) is 9.59 Å². The van der Waals surface area contributed by atoms with Crippen LogP contribution in [0.5, 0.6) is 0 Å². The van der Waals surface area contributed by atoms with Gasteiger partial charge >= 0.3 is 0 Å². The molecule has 0 aliphatic carbocycles. The number of nitrogens with one attached hydrogen (secondary N) is 2. The lowest BCUT2D eigenvalue weighted by Gasteiger charge is -2.09.